The molecule has 4 aromatic carbocycles. The molecule has 0 amide bonds. The first-order chi connectivity index (χ1) is 66.6. The highest BCUT2D eigenvalue weighted by atomic mass is 16.7. The van der Waals surface area contributed by atoms with Gasteiger partial charge in [0.05, 0.1) is 80.4 Å². The van der Waals surface area contributed by atoms with Crippen molar-refractivity contribution in [3.63, 3.8) is 0 Å². The highest BCUT2D eigenvalue weighted by molar-refractivity contribution is 5.83. The molecule has 0 radical (unpaired) electrons. The maximum Gasteiger partial charge on any atom is 0.313 e. The number of para-hydroxylation sites is 1. The van der Waals surface area contributed by atoms with Gasteiger partial charge in [-0.3, -0.25) is 38.4 Å². The number of methoxy groups -OCH3 is 1. The smallest absolute Gasteiger partial charge is 0.313 e. The number of ether oxygens (including phenoxy) is 17. The van der Waals surface area contributed by atoms with E-state index in [1.54, 1.807) is 0 Å². The van der Waals surface area contributed by atoms with Crippen LogP contribution in [-0.4, -0.2) is 153 Å². The van der Waals surface area contributed by atoms with E-state index in [9.17, 15) is 38.4 Å². The molecule has 800 valence electrons. The Hall–Kier alpha value is -7.88. The summed E-state index contributed by atoms with van der Waals surface area (Å²) < 4.78 is 90.0. The van der Waals surface area contributed by atoms with E-state index in [2.05, 4.69) is 41.1 Å². The van der Waals surface area contributed by atoms with Crippen LogP contribution in [0.1, 0.15) is 353 Å². The van der Waals surface area contributed by atoms with E-state index in [1.165, 1.54) is 90.6 Å². The van der Waals surface area contributed by atoms with E-state index < -0.39 is 43.3 Å². The normalized spacial score (nSPS) is 20.2. The summed E-state index contributed by atoms with van der Waals surface area (Å²) >= 11 is 0. The highest BCUT2D eigenvalue weighted by Crippen LogP contribution is 2.60. The van der Waals surface area contributed by atoms with Gasteiger partial charge in [0.2, 0.25) is 0 Å². The summed E-state index contributed by atoms with van der Waals surface area (Å²) in [5.41, 5.74) is 1.99. The number of hydrogen-bond donors (Lipinski definition) is 0. The van der Waals surface area contributed by atoms with Crippen LogP contribution in [-0.2, 0) is 114 Å². The molecule has 0 heterocycles. The lowest BCUT2D eigenvalue weighted by Crippen LogP contribution is -2.49. The maximum atomic E-state index is 12.0. The van der Waals surface area contributed by atoms with Crippen LogP contribution in [0.2, 0.25) is 0 Å². The highest BCUT2D eigenvalue weighted by Gasteiger charge is 2.55. The van der Waals surface area contributed by atoms with Crippen molar-refractivity contribution in [2.75, 3.05) is 81.3 Å². The molecular weight excluding hydrogens is 1790 g/mol. The Kier molecular flexibility index (Phi) is 55.9. The number of benzene rings is 4. The van der Waals surface area contributed by atoms with Crippen LogP contribution in [0.15, 0.2) is 109 Å². The number of carbonyl (C=O) groups is 8. The van der Waals surface area contributed by atoms with Crippen LogP contribution >= 0.6 is 0 Å². The second-order valence-electron chi connectivity index (χ2n) is 44.0. The first kappa shape index (κ1) is 125. The van der Waals surface area contributed by atoms with Gasteiger partial charge in [-0.25, -0.2) is 0 Å². The van der Waals surface area contributed by atoms with E-state index in [0.717, 1.165) is 139 Å². The van der Waals surface area contributed by atoms with Crippen LogP contribution in [0, 0.1) is 90.7 Å². The fraction of sp³-hybridized carbons (Fsp3) is 0.724. The summed E-state index contributed by atoms with van der Waals surface area (Å²) in [7, 11) is 1.49. The first-order valence-corrected chi connectivity index (χ1v) is 52.6. The topological polar surface area (TPSA) is 293 Å². The minimum atomic E-state index is -0.501. The molecule has 0 spiro atoms. The molecule has 8 aliphatic carbocycles. The van der Waals surface area contributed by atoms with Crippen molar-refractivity contribution < 1.29 is 119 Å². The summed E-state index contributed by atoms with van der Waals surface area (Å²) in [6, 6.07) is 36.4. The third kappa shape index (κ3) is 43.0. The van der Waals surface area contributed by atoms with Gasteiger partial charge in [-0.2, -0.15) is 0 Å². The zero-order valence-electron chi connectivity index (χ0n) is 92.1. The summed E-state index contributed by atoms with van der Waals surface area (Å²) in [5, 5.41) is 0. The van der Waals surface area contributed by atoms with E-state index in [1.807, 2.05) is 267 Å². The van der Waals surface area contributed by atoms with Gasteiger partial charge in [0.1, 0.15) is 12.4 Å². The molecule has 12 rings (SSSR count). The van der Waals surface area contributed by atoms with Crippen molar-refractivity contribution >= 4 is 47.8 Å². The predicted molar refractivity (Wildman–Crippen MR) is 552 cm³/mol. The number of rotatable bonds is 45. The third-order valence-corrected chi connectivity index (χ3v) is 30.1. The molecule has 6 unspecified atom stereocenters. The summed E-state index contributed by atoms with van der Waals surface area (Å²) in [4.78, 5) is 93.0. The Balaban J connectivity index is 0.000000344. The minimum Gasteiger partial charge on any atom is -0.490 e. The quantitative estimate of drug-likeness (QED) is 0.0172. The Morgan fingerprint density at radius 1 is 0.319 bits per heavy atom. The molecule has 0 N–H and O–H groups in total. The van der Waals surface area contributed by atoms with E-state index >= 15 is 0 Å². The van der Waals surface area contributed by atoms with E-state index in [-0.39, 0.29) is 114 Å². The van der Waals surface area contributed by atoms with Gasteiger partial charge >= 0.3 is 47.8 Å². The minimum absolute atomic E-state index is 0.00166. The Bertz CT molecular complexity index is 4140. The van der Waals surface area contributed by atoms with Crippen LogP contribution < -0.4 is 4.74 Å². The molecule has 8 aliphatic rings. The maximum absolute atomic E-state index is 12.0. The number of esters is 8. The molecule has 6 bridgehead atoms. The lowest BCUT2D eigenvalue weighted by molar-refractivity contribution is -0.193. The average molecular weight is 1980 g/mol. The summed E-state index contributed by atoms with van der Waals surface area (Å²) in [6.07, 6.45) is 26.8. The zero-order chi connectivity index (χ0) is 105. The zero-order valence-corrected chi connectivity index (χ0v) is 92.1. The van der Waals surface area contributed by atoms with Crippen LogP contribution in [0.5, 0.6) is 5.75 Å². The van der Waals surface area contributed by atoms with Gasteiger partial charge < -0.3 is 80.5 Å². The van der Waals surface area contributed by atoms with Gasteiger partial charge in [0.15, 0.2) is 54.3 Å². The monoisotopic (exact) mass is 1980 g/mol. The molecule has 0 saturated heterocycles. The van der Waals surface area contributed by atoms with Crippen molar-refractivity contribution in [1.29, 1.82) is 0 Å². The Morgan fingerprint density at radius 2 is 0.674 bits per heavy atom. The Labute approximate surface area is 848 Å². The van der Waals surface area contributed by atoms with Crippen LogP contribution in [0.25, 0.3) is 22.3 Å². The molecular formula is C116H186O25. The predicted octanol–water partition coefficient (Wildman–Crippen LogP) is 26.7. The van der Waals surface area contributed by atoms with Gasteiger partial charge in [-0.05, 0) is 325 Å². The molecule has 25 heteroatoms. The number of fused-ring (bicyclic) bond motifs is 5. The third-order valence-electron chi connectivity index (χ3n) is 30.1. The largest absolute Gasteiger partial charge is 0.490 e. The Morgan fingerprint density at radius 3 is 1.06 bits per heavy atom. The molecule has 4 aromatic rings. The SMILES string of the molecule is CCC(C)(C)C(=O)OCOC.CCC(C)(C)C(=O)OCOC(C)C.CCC(C)(C)C(=O)OCOC(C)c1ccccc1.CCC(C)(C)C(=O)OCOC1C2CC3CC(C2)CC1C3.CCC(C)(C)C(=O)OCOC1CC2CC1C1CCCC21.CCC(C)(C)C(=O)OCOC1CCCCC1.CCC(C)(C)C(=O)OCOCCOc1c(-c2ccccc2)cccc1-c1ccccc1.CCOCOC(=O)C(C)(C)CC. The molecule has 8 saturated carbocycles. The van der Waals surface area contributed by atoms with Gasteiger partial charge in [0, 0.05) is 24.8 Å². The number of hydrogen-bond acceptors (Lipinski definition) is 25. The lowest BCUT2D eigenvalue weighted by Gasteiger charge is -2.53. The fourth-order valence-electron chi connectivity index (χ4n) is 17.1. The molecule has 25 nitrogen and oxygen atoms in total. The van der Waals surface area contributed by atoms with E-state index in [0.29, 0.717) is 44.6 Å². The lowest BCUT2D eigenvalue weighted by atomic mass is 9.55. The van der Waals surface area contributed by atoms with Gasteiger partial charge in [-0.1, -0.05) is 190 Å². The van der Waals surface area contributed by atoms with Crippen molar-refractivity contribution in [3.8, 4) is 28.0 Å². The fourth-order valence-corrected chi connectivity index (χ4v) is 17.1. The summed E-state index contributed by atoms with van der Waals surface area (Å²) in [5.74, 6) is 6.20. The molecule has 8 fully saturated rings. The van der Waals surface area contributed by atoms with Crippen molar-refractivity contribution in [2.45, 2.75) is 372 Å². The molecule has 6 atom stereocenters. The van der Waals surface area contributed by atoms with E-state index in [4.69, 9.17) is 75.8 Å². The second kappa shape index (κ2) is 62.8. The van der Waals surface area contributed by atoms with Gasteiger partial charge in [0.25, 0.3) is 0 Å². The van der Waals surface area contributed by atoms with Crippen LogP contribution in [0.4, 0.5) is 0 Å². The number of carbonyl (C=O) groups excluding carboxylic acids is 8. The summed E-state index contributed by atoms with van der Waals surface area (Å²) in [6.45, 7) is 55.3. The van der Waals surface area contributed by atoms with Gasteiger partial charge in [-0.15, -0.1) is 0 Å². The first-order valence-electron chi connectivity index (χ1n) is 52.6. The van der Waals surface area contributed by atoms with Crippen molar-refractivity contribution in [3.05, 3.63) is 115 Å². The molecule has 0 aromatic heterocycles. The second-order valence-corrected chi connectivity index (χ2v) is 44.0. The van der Waals surface area contributed by atoms with Crippen LogP contribution in [0.3, 0.4) is 0 Å². The average Bonchev–Trinajstić information content (AvgIpc) is 1.53. The van der Waals surface area contributed by atoms with Crippen molar-refractivity contribution in [1.82, 2.24) is 0 Å². The molecule has 0 aliphatic heterocycles. The molecule has 141 heavy (non-hydrogen) atoms. The van der Waals surface area contributed by atoms with Crippen molar-refractivity contribution in [2.24, 2.45) is 90.7 Å². The standard InChI is InChI=1S/C27H30O4.2C17H28O3.C15H22O3.C13H24O3.C10H20O3.C9H18O3.C8H16O3/c1-4-27(2,3)26(28)31-20-29-18-19-30-25-23(21-12-7-5-8-13-21)16-11-17-24(25)22-14-9-6-10-15-22;1-4-17(2,3)16(18)20-10-19-15-13-6-11-5-12(8-13)9-14(15)7-11;1-4-17(2,3)16(18)20-10-19-15-9-11-8-14(15)13-7-5-6-12(11)13;1-5-15(3,4)14(16)18-11-17-12(2)13-9-7-6-8-10-13;1-4-13(2,3)12(14)16-10-15-11-8-6-5-7-9-11;1-6-10(4,5)9(11)13-7-12-8(2)3;1-5-9(3,4)8(10)12-7-11-6-2;1-5-8(2,3)7(9)11-6-10-4/h5-17H,4,18-20H2,1-3H3;2*11-15H,4-10H2,1-3H3;6-10,12H,5,11H2,1-4H3;11H,4-10H2,1-3H3;8H,6-7H2,1-5H3;5-7H2,1-4H3;5-6H2,1-4H3.